The van der Waals surface area contributed by atoms with Gasteiger partial charge in [-0.05, 0) is 44.2 Å². The monoisotopic (exact) mass is 275 g/mol. The molecule has 1 aliphatic carbocycles. The van der Waals surface area contributed by atoms with Gasteiger partial charge in [-0.3, -0.25) is 9.69 Å². The molecule has 2 rings (SSSR count). The number of rotatable bonds is 5. The summed E-state index contributed by atoms with van der Waals surface area (Å²) in [5, 5.41) is 9.58. The van der Waals surface area contributed by atoms with E-state index in [-0.39, 0.29) is 0 Å². The highest BCUT2D eigenvalue weighted by atomic mass is 16.4. The topological polar surface area (TPSA) is 40.5 Å². The summed E-state index contributed by atoms with van der Waals surface area (Å²) in [5.74, 6) is 0.0796. The molecule has 0 saturated heterocycles. The predicted molar refractivity (Wildman–Crippen MR) is 80.6 cm³/mol. The molecule has 3 nitrogen and oxygen atoms in total. The number of nitrogens with zero attached hydrogens (tertiary/aromatic N) is 1. The van der Waals surface area contributed by atoms with Crippen LogP contribution in [0, 0.1) is 5.92 Å². The van der Waals surface area contributed by atoms with E-state index >= 15 is 0 Å². The standard InChI is InChI=1S/C17H25NO2/c1-3-13-9-11-15(12-10-13)18(2)16(17(19)20)14-7-5-4-6-8-14/h4-8,13,15-16H,3,9-12H2,1-2H3,(H,19,20). The molecule has 0 amide bonds. The maximum absolute atomic E-state index is 11.7. The third-order valence-electron chi connectivity index (χ3n) is 4.73. The highest BCUT2D eigenvalue weighted by Crippen LogP contribution is 2.32. The fourth-order valence-electron chi connectivity index (χ4n) is 3.36. The van der Waals surface area contributed by atoms with Crippen molar-refractivity contribution in [1.82, 2.24) is 4.90 Å². The highest BCUT2D eigenvalue weighted by molar-refractivity contribution is 5.75. The van der Waals surface area contributed by atoms with E-state index in [2.05, 4.69) is 11.8 Å². The lowest BCUT2D eigenvalue weighted by atomic mass is 9.83. The Balaban J connectivity index is 2.09. The van der Waals surface area contributed by atoms with Gasteiger partial charge in [0, 0.05) is 6.04 Å². The lowest BCUT2D eigenvalue weighted by molar-refractivity contribution is -0.144. The van der Waals surface area contributed by atoms with Crippen molar-refractivity contribution in [2.24, 2.45) is 5.92 Å². The van der Waals surface area contributed by atoms with Gasteiger partial charge in [-0.15, -0.1) is 0 Å². The molecule has 1 atom stereocenters. The van der Waals surface area contributed by atoms with Crippen LogP contribution in [-0.4, -0.2) is 29.1 Å². The first-order valence-corrected chi connectivity index (χ1v) is 7.63. The number of carbonyl (C=O) groups is 1. The number of benzene rings is 1. The summed E-state index contributed by atoms with van der Waals surface area (Å²) in [6, 6.07) is 9.42. The van der Waals surface area contributed by atoms with Gasteiger partial charge in [-0.25, -0.2) is 0 Å². The Labute approximate surface area is 121 Å². The lowest BCUT2D eigenvalue weighted by Gasteiger charge is -2.37. The number of carboxylic acids is 1. The Kier molecular flexibility index (Phi) is 5.18. The molecule has 1 aliphatic rings. The zero-order valence-corrected chi connectivity index (χ0v) is 12.5. The number of hydrogen-bond donors (Lipinski definition) is 1. The Morgan fingerprint density at radius 1 is 1.25 bits per heavy atom. The third kappa shape index (κ3) is 3.40. The number of likely N-dealkylation sites (N-methyl/N-ethyl adjacent to an activating group) is 1. The van der Waals surface area contributed by atoms with E-state index in [1.165, 1.54) is 19.3 Å². The quantitative estimate of drug-likeness (QED) is 0.890. The molecule has 1 saturated carbocycles. The van der Waals surface area contributed by atoms with E-state index in [0.29, 0.717) is 6.04 Å². The second-order valence-electron chi connectivity index (χ2n) is 5.90. The molecule has 0 heterocycles. The normalized spacial score (nSPS) is 24.6. The fourth-order valence-corrected chi connectivity index (χ4v) is 3.36. The van der Waals surface area contributed by atoms with Gasteiger partial charge in [0.1, 0.15) is 6.04 Å². The van der Waals surface area contributed by atoms with Crippen LogP contribution in [-0.2, 0) is 4.79 Å². The van der Waals surface area contributed by atoms with Crippen LogP contribution >= 0.6 is 0 Å². The average Bonchev–Trinajstić information content (AvgIpc) is 2.48. The van der Waals surface area contributed by atoms with Crippen molar-refractivity contribution in [2.75, 3.05) is 7.05 Å². The van der Waals surface area contributed by atoms with E-state index in [4.69, 9.17) is 0 Å². The van der Waals surface area contributed by atoms with E-state index in [0.717, 1.165) is 24.3 Å². The van der Waals surface area contributed by atoms with Crippen LogP contribution in [0.5, 0.6) is 0 Å². The van der Waals surface area contributed by atoms with Crippen molar-refractivity contribution >= 4 is 5.97 Å². The van der Waals surface area contributed by atoms with Crippen LogP contribution in [0.15, 0.2) is 30.3 Å². The molecular formula is C17H25NO2. The van der Waals surface area contributed by atoms with Crippen LogP contribution in [0.4, 0.5) is 0 Å². The van der Waals surface area contributed by atoms with Crippen molar-refractivity contribution in [2.45, 2.75) is 51.1 Å². The molecule has 20 heavy (non-hydrogen) atoms. The minimum Gasteiger partial charge on any atom is -0.480 e. The first-order chi connectivity index (χ1) is 9.63. The molecule has 0 aromatic heterocycles. The van der Waals surface area contributed by atoms with Crippen LogP contribution in [0.25, 0.3) is 0 Å². The number of hydrogen-bond acceptors (Lipinski definition) is 2. The SMILES string of the molecule is CCC1CCC(N(C)C(C(=O)O)c2ccccc2)CC1. The maximum Gasteiger partial charge on any atom is 0.325 e. The molecule has 1 aromatic carbocycles. The fraction of sp³-hybridized carbons (Fsp3) is 0.588. The van der Waals surface area contributed by atoms with E-state index in [1.807, 2.05) is 37.4 Å². The summed E-state index contributed by atoms with van der Waals surface area (Å²) in [5.41, 5.74) is 0.875. The van der Waals surface area contributed by atoms with Gasteiger partial charge in [0.25, 0.3) is 0 Å². The Morgan fingerprint density at radius 2 is 1.85 bits per heavy atom. The molecule has 0 radical (unpaired) electrons. The molecule has 110 valence electrons. The second kappa shape index (κ2) is 6.89. The molecule has 1 aromatic rings. The van der Waals surface area contributed by atoms with Gasteiger partial charge in [-0.2, -0.15) is 0 Å². The zero-order valence-electron chi connectivity index (χ0n) is 12.5. The van der Waals surface area contributed by atoms with Gasteiger partial charge in [0.2, 0.25) is 0 Å². The third-order valence-corrected chi connectivity index (χ3v) is 4.73. The first-order valence-electron chi connectivity index (χ1n) is 7.63. The molecule has 0 aliphatic heterocycles. The van der Waals surface area contributed by atoms with Crippen LogP contribution in [0.2, 0.25) is 0 Å². The largest absolute Gasteiger partial charge is 0.480 e. The summed E-state index contributed by atoms with van der Waals surface area (Å²) in [7, 11) is 1.96. The summed E-state index contributed by atoms with van der Waals surface area (Å²) >= 11 is 0. The first kappa shape index (κ1) is 15.0. The van der Waals surface area contributed by atoms with Gasteiger partial charge in [0.15, 0.2) is 0 Å². The number of aliphatic carboxylic acids is 1. The van der Waals surface area contributed by atoms with Crippen molar-refractivity contribution in [3.05, 3.63) is 35.9 Å². The molecular weight excluding hydrogens is 250 g/mol. The molecule has 1 fully saturated rings. The van der Waals surface area contributed by atoms with Crippen LogP contribution in [0.1, 0.15) is 50.6 Å². The Hall–Kier alpha value is -1.35. The molecule has 3 heteroatoms. The van der Waals surface area contributed by atoms with Crippen LogP contribution in [0.3, 0.4) is 0 Å². The minimum atomic E-state index is -0.753. The molecule has 1 unspecified atom stereocenters. The predicted octanol–water partition coefficient (Wildman–Crippen LogP) is 3.71. The van der Waals surface area contributed by atoms with E-state index < -0.39 is 12.0 Å². The Morgan fingerprint density at radius 3 is 2.35 bits per heavy atom. The van der Waals surface area contributed by atoms with Gasteiger partial charge >= 0.3 is 5.97 Å². The maximum atomic E-state index is 11.7. The highest BCUT2D eigenvalue weighted by Gasteiger charge is 2.31. The summed E-state index contributed by atoms with van der Waals surface area (Å²) in [4.78, 5) is 13.7. The second-order valence-corrected chi connectivity index (χ2v) is 5.90. The number of carboxylic acid groups (broad SMARTS) is 1. The van der Waals surface area contributed by atoms with Crippen molar-refractivity contribution in [3.8, 4) is 0 Å². The van der Waals surface area contributed by atoms with Crippen molar-refractivity contribution in [3.63, 3.8) is 0 Å². The summed E-state index contributed by atoms with van der Waals surface area (Å²) in [6.07, 6.45) is 5.94. The summed E-state index contributed by atoms with van der Waals surface area (Å²) in [6.45, 7) is 2.25. The van der Waals surface area contributed by atoms with E-state index in [9.17, 15) is 9.90 Å². The zero-order chi connectivity index (χ0) is 14.5. The molecule has 0 spiro atoms. The minimum absolute atomic E-state index is 0.388. The smallest absolute Gasteiger partial charge is 0.325 e. The van der Waals surface area contributed by atoms with Gasteiger partial charge in [0.05, 0.1) is 0 Å². The lowest BCUT2D eigenvalue weighted by Crippen LogP contribution is -2.41. The Bertz CT molecular complexity index is 424. The van der Waals surface area contributed by atoms with E-state index in [1.54, 1.807) is 0 Å². The molecule has 0 bridgehead atoms. The summed E-state index contributed by atoms with van der Waals surface area (Å²) < 4.78 is 0. The average molecular weight is 275 g/mol. The van der Waals surface area contributed by atoms with Crippen molar-refractivity contribution < 1.29 is 9.90 Å². The van der Waals surface area contributed by atoms with Gasteiger partial charge < -0.3 is 5.11 Å². The van der Waals surface area contributed by atoms with Gasteiger partial charge in [-0.1, -0.05) is 43.7 Å². The van der Waals surface area contributed by atoms with Crippen LogP contribution < -0.4 is 0 Å². The van der Waals surface area contributed by atoms with Crippen molar-refractivity contribution in [1.29, 1.82) is 0 Å². The molecule has 1 N–H and O–H groups in total.